The molecule has 9 heteroatoms. The number of benzene rings is 1. The lowest BCUT2D eigenvalue weighted by atomic mass is 10.0. The average Bonchev–Trinajstić information content (AvgIpc) is 3.10. The van der Waals surface area contributed by atoms with Crippen LogP contribution in [0.2, 0.25) is 0 Å². The van der Waals surface area contributed by atoms with Crippen molar-refractivity contribution < 1.29 is 27.4 Å². The molecule has 27 heavy (non-hydrogen) atoms. The zero-order valence-electron chi connectivity index (χ0n) is 15.7. The van der Waals surface area contributed by atoms with E-state index in [1.165, 1.54) is 7.05 Å². The largest absolute Gasteiger partial charge is 0.465 e. The molecule has 0 atom stereocenters. The lowest BCUT2D eigenvalue weighted by molar-refractivity contribution is -0.169. The van der Waals surface area contributed by atoms with Crippen molar-refractivity contribution in [3.63, 3.8) is 0 Å². The Hall–Kier alpha value is -1.68. The number of carbonyl (C=O) groups excluding carboxylic acids is 1. The number of anilines is 1. The van der Waals surface area contributed by atoms with E-state index in [0.29, 0.717) is 13.2 Å². The number of hydrogen-bond donors (Lipinski definition) is 0. The Bertz CT molecular complexity index is 749. The smallest absolute Gasteiger partial charge is 0.321 e. The van der Waals surface area contributed by atoms with Gasteiger partial charge in [0, 0.05) is 38.7 Å². The fraction of sp³-hybridized carbons (Fsp3) is 0.611. The highest BCUT2D eigenvalue weighted by Gasteiger charge is 2.39. The molecule has 0 unspecified atom stereocenters. The zero-order chi connectivity index (χ0) is 19.5. The van der Waals surface area contributed by atoms with Gasteiger partial charge in [0.2, 0.25) is 10.0 Å². The summed E-state index contributed by atoms with van der Waals surface area (Å²) in [6.45, 7) is 4.45. The molecule has 0 bridgehead atoms. The second kappa shape index (κ2) is 8.14. The number of esters is 1. The topological polar surface area (TPSA) is 85.4 Å². The Balaban J connectivity index is 1.63. The summed E-state index contributed by atoms with van der Waals surface area (Å²) < 4.78 is 42.5. The molecule has 150 valence electrons. The maximum Gasteiger partial charge on any atom is 0.321 e. The Morgan fingerprint density at radius 2 is 1.78 bits per heavy atom. The number of hydrogen-bond acceptors (Lipinski definition) is 7. The van der Waals surface area contributed by atoms with Crippen molar-refractivity contribution in [2.75, 3.05) is 51.4 Å². The van der Waals surface area contributed by atoms with Gasteiger partial charge in [-0.25, -0.2) is 8.42 Å². The normalized spacial score (nSPS) is 19.6. The number of ether oxygens (including phenoxy) is 3. The highest BCUT2D eigenvalue weighted by atomic mass is 32.2. The third-order valence-electron chi connectivity index (χ3n) is 4.91. The number of carbonyl (C=O) groups is 1. The van der Waals surface area contributed by atoms with Crippen LogP contribution in [0.25, 0.3) is 0 Å². The first-order valence-electron chi connectivity index (χ1n) is 9.11. The van der Waals surface area contributed by atoms with Crippen LogP contribution in [0.5, 0.6) is 0 Å². The molecule has 2 fully saturated rings. The molecule has 2 saturated heterocycles. The van der Waals surface area contributed by atoms with Crippen LogP contribution >= 0.6 is 0 Å². The molecule has 0 amide bonds. The third-order valence-corrected chi connectivity index (χ3v) is 6.72. The van der Waals surface area contributed by atoms with Gasteiger partial charge >= 0.3 is 5.97 Å². The number of likely N-dealkylation sites (N-methyl/N-ethyl adjacent to an activating group) is 1. The van der Waals surface area contributed by atoms with E-state index in [-0.39, 0.29) is 18.0 Å². The van der Waals surface area contributed by atoms with Crippen LogP contribution in [0.4, 0.5) is 5.69 Å². The van der Waals surface area contributed by atoms with E-state index in [4.69, 9.17) is 14.2 Å². The van der Waals surface area contributed by atoms with E-state index in [1.807, 2.05) is 0 Å². The Kier molecular flexibility index (Phi) is 6.05. The number of sulfonamides is 1. The summed E-state index contributed by atoms with van der Waals surface area (Å²) in [4.78, 5) is 13.9. The number of piperidine rings is 1. The Morgan fingerprint density at radius 3 is 2.33 bits per heavy atom. The zero-order valence-corrected chi connectivity index (χ0v) is 16.5. The van der Waals surface area contributed by atoms with Crippen LogP contribution in [0, 0.1) is 0 Å². The molecule has 0 radical (unpaired) electrons. The summed E-state index contributed by atoms with van der Waals surface area (Å²) >= 11 is 0. The fourth-order valence-corrected chi connectivity index (χ4v) is 4.49. The molecule has 3 rings (SSSR count). The van der Waals surface area contributed by atoms with Crippen molar-refractivity contribution in [2.24, 2.45) is 0 Å². The van der Waals surface area contributed by atoms with Crippen LogP contribution in [-0.4, -0.2) is 71.0 Å². The average molecular weight is 398 g/mol. The van der Waals surface area contributed by atoms with Crippen molar-refractivity contribution in [1.82, 2.24) is 4.31 Å². The van der Waals surface area contributed by atoms with Crippen LogP contribution < -0.4 is 4.90 Å². The quantitative estimate of drug-likeness (QED) is 0.666. The molecule has 0 N–H and O–H groups in total. The summed E-state index contributed by atoms with van der Waals surface area (Å²) in [5.74, 6) is -1.01. The van der Waals surface area contributed by atoms with Crippen LogP contribution in [0.3, 0.4) is 0 Å². The first-order chi connectivity index (χ1) is 12.9. The van der Waals surface area contributed by atoms with Gasteiger partial charge < -0.3 is 19.1 Å². The van der Waals surface area contributed by atoms with Gasteiger partial charge in [-0.3, -0.25) is 4.79 Å². The van der Waals surface area contributed by atoms with Crippen molar-refractivity contribution in [2.45, 2.75) is 30.4 Å². The summed E-state index contributed by atoms with van der Waals surface area (Å²) in [6, 6.07) is 6.72. The molecule has 1 aromatic carbocycles. The highest BCUT2D eigenvalue weighted by molar-refractivity contribution is 7.89. The second-order valence-electron chi connectivity index (χ2n) is 6.65. The predicted molar refractivity (Wildman–Crippen MR) is 99.0 cm³/mol. The summed E-state index contributed by atoms with van der Waals surface area (Å²) in [6.07, 6.45) is 1.57. The van der Waals surface area contributed by atoms with E-state index in [1.54, 1.807) is 31.2 Å². The SMILES string of the molecule is CCOC(=O)CN(C)S(=O)(=O)c1ccc(N2CCC3(CC2)OCCO3)cc1. The molecule has 0 aromatic heterocycles. The summed E-state index contributed by atoms with van der Waals surface area (Å²) in [7, 11) is -2.38. The van der Waals surface area contributed by atoms with Gasteiger partial charge in [-0.15, -0.1) is 0 Å². The molecular weight excluding hydrogens is 372 g/mol. The van der Waals surface area contributed by atoms with Gasteiger partial charge in [-0.05, 0) is 31.2 Å². The van der Waals surface area contributed by atoms with Gasteiger partial charge in [-0.2, -0.15) is 4.31 Å². The minimum atomic E-state index is -3.74. The van der Waals surface area contributed by atoms with Crippen molar-refractivity contribution in [1.29, 1.82) is 0 Å². The van der Waals surface area contributed by atoms with Crippen LogP contribution in [-0.2, 0) is 29.0 Å². The second-order valence-corrected chi connectivity index (χ2v) is 8.70. The summed E-state index contributed by atoms with van der Waals surface area (Å²) in [5.41, 5.74) is 0.954. The predicted octanol–water partition coefficient (Wildman–Crippen LogP) is 1.21. The van der Waals surface area contributed by atoms with Crippen molar-refractivity contribution in [3.8, 4) is 0 Å². The van der Waals surface area contributed by atoms with E-state index in [2.05, 4.69) is 4.90 Å². The van der Waals surface area contributed by atoms with E-state index in [9.17, 15) is 13.2 Å². The van der Waals surface area contributed by atoms with E-state index < -0.39 is 21.8 Å². The molecule has 8 nitrogen and oxygen atoms in total. The molecule has 0 saturated carbocycles. The molecule has 1 spiro atoms. The number of rotatable bonds is 6. The van der Waals surface area contributed by atoms with E-state index >= 15 is 0 Å². The monoisotopic (exact) mass is 398 g/mol. The highest BCUT2D eigenvalue weighted by Crippen LogP contribution is 2.33. The van der Waals surface area contributed by atoms with Crippen LogP contribution in [0.15, 0.2) is 29.2 Å². The standard InChI is InChI=1S/C18H26N2O6S/c1-3-24-17(21)14-19(2)27(22,23)16-6-4-15(5-7-16)20-10-8-18(9-11-20)25-12-13-26-18/h4-7H,3,8-14H2,1-2H3. The Morgan fingerprint density at radius 1 is 1.19 bits per heavy atom. The molecule has 2 heterocycles. The fourth-order valence-electron chi connectivity index (χ4n) is 3.37. The van der Waals surface area contributed by atoms with Gasteiger partial charge in [0.1, 0.15) is 6.54 Å². The molecule has 1 aromatic rings. The van der Waals surface area contributed by atoms with Gasteiger partial charge in [0.05, 0.1) is 24.7 Å². The maximum atomic E-state index is 12.6. The van der Waals surface area contributed by atoms with Gasteiger partial charge in [-0.1, -0.05) is 0 Å². The molecule has 2 aliphatic rings. The third kappa shape index (κ3) is 4.43. The van der Waals surface area contributed by atoms with Crippen molar-refractivity contribution in [3.05, 3.63) is 24.3 Å². The molecule has 2 aliphatic heterocycles. The first-order valence-corrected chi connectivity index (χ1v) is 10.6. The van der Waals surface area contributed by atoms with Crippen molar-refractivity contribution >= 4 is 21.7 Å². The van der Waals surface area contributed by atoms with Gasteiger partial charge in [0.25, 0.3) is 0 Å². The summed E-state index contributed by atoms with van der Waals surface area (Å²) in [5, 5.41) is 0. The first kappa shape index (κ1) is 20.1. The minimum Gasteiger partial charge on any atom is -0.465 e. The molecule has 0 aliphatic carbocycles. The van der Waals surface area contributed by atoms with Crippen LogP contribution in [0.1, 0.15) is 19.8 Å². The number of nitrogens with zero attached hydrogens (tertiary/aromatic N) is 2. The molecular formula is C18H26N2O6S. The minimum absolute atomic E-state index is 0.147. The lowest BCUT2D eigenvalue weighted by Crippen LogP contribution is -2.45. The van der Waals surface area contributed by atoms with E-state index in [0.717, 1.165) is 35.9 Å². The Labute approximate surface area is 160 Å². The van der Waals surface area contributed by atoms with Gasteiger partial charge in [0.15, 0.2) is 5.79 Å². The lowest BCUT2D eigenvalue weighted by Gasteiger charge is -2.38. The maximum absolute atomic E-state index is 12.6.